The summed E-state index contributed by atoms with van der Waals surface area (Å²) in [5.41, 5.74) is 0.137. The second-order valence-electron chi connectivity index (χ2n) is 3.41. The lowest BCUT2D eigenvalue weighted by molar-refractivity contribution is 0.0335. The summed E-state index contributed by atoms with van der Waals surface area (Å²) in [7, 11) is -3.82. The van der Waals surface area contributed by atoms with Crippen LogP contribution < -0.4 is 5.14 Å². The standard InChI is InChI=1S/C11H15NO5S/c1-2-16-6-7-17-11(13)9-4-3-5-10(8-9)18(12,14)15/h3-5,8H,2,6-7H2,1H3,(H2,12,14,15). The maximum Gasteiger partial charge on any atom is 0.338 e. The molecule has 0 radical (unpaired) electrons. The molecule has 1 rings (SSSR count). The van der Waals surface area contributed by atoms with Crippen molar-refractivity contribution in [3.05, 3.63) is 29.8 Å². The number of primary sulfonamides is 1. The van der Waals surface area contributed by atoms with Crippen molar-refractivity contribution in [3.63, 3.8) is 0 Å². The first-order chi connectivity index (χ1) is 8.45. The number of benzene rings is 1. The summed E-state index contributed by atoms with van der Waals surface area (Å²) in [6, 6.07) is 5.38. The maximum atomic E-state index is 11.6. The topological polar surface area (TPSA) is 95.7 Å². The number of hydrogen-bond donors (Lipinski definition) is 1. The molecular formula is C11H15NO5S. The van der Waals surface area contributed by atoms with Crippen LogP contribution in [0.2, 0.25) is 0 Å². The molecule has 1 aromatic rings. The van der Waals surface area contributed by atoms with Gasteiger partial charge in [0.25, 0.3) is 0 Å². The highest BCUT2D eigenvalue weighted by molar-refractivity contribution is 7.89. The molecule has 0 amide bonds. The SMILES string of the molecule is CCOCCOC(=O)c1cccc(S(N)(=O)=O)c1. The van der Waals surface area contributed by atoms with Gasteiger partial charge < -0.3 is 9.47 Å². The highest BCUT2D eigenvalue weighted by Crippen LogP contribution is 2.10. The van der Waals surface area contributed by atoms with Gasteiger partial charge in [0.05, 0.1) is 17.1 Å². The van der Waals surface area contributed by atoms with E-state index in [1.165, 1.54) is 24.3 Å². The molecule has 0 aliphatic heterocycles. The molecule has 0 aromatic heterocycles. The summed E-state index contributed by atoms with van der Waals surface area (Å²) in [4.78, 5) is 11.5. The number of esters is 1. The van der Waals surface area contributed by atoms with Crippen molar-refractivity contribution in [1.82, 2.24) is 0 Å². The van der Waals surface area contributed by atoms with E-state index in [0.717, 1.165) is 0 Å². The molecule has 0 spiro atoms. The lowest BCUT2D eigenvalue weighted by Crippen LogP contribution is -2.14. The van der Waals surface area contributed by atoms with Gasteiger partial charge >= 0.3 is 5.97 Å². The number of rotatable bonds is 6. The van der Waals surface area contributed by atoms with E-state index in [4.69, 9.17) is 14.6 Å². The number of carbonyl (C=O) groups excluding carboxylic acids is 1. The minimum atomic E-state index is -3.82. The molecule has 0 fully saturated rings. The van der Waals surface area contributed by atoms with E-state index in [0.29, 0.717) is 13.2 Å². The molecule has 100 valence electrons. The summed E-state index contributed by atoms with van der Waals surface area (Å²) in [5.74, 6) is -0.611. The molecule has 0 saturated heterocycles. The molecule has 2 N–H and O–H groups in total. The predicted octanol–water partition coefficient (Wildman–Crippen LogP) is 0.527. The van der Waals surface area contributed by atoms with Crippen molar-refractivity contribution in [2.45, 2.75) is 11.8 Å². The van der Waals surface area contributed by atoms with Gasteiger partial charge in [-0.1, -0.05) is 6.07 Å². The third-order valence-electron chi connectivity index (χ3n) is 2.06. The highest BCUT2D eigenvalue weighted by Gasteiger charge is 2.12. The Bertz CT molecular complexity index is 512. The van der Waals surface area contributed by atoms with Gasteiger partial charge in [-0.25, -0.2) is 18.4 Å². The average Bonchev–Trinajstić information content (AvgIpc) is 2.33. The van der Waals surface area contributed by atoms with Gasteiger partial charge in [-0.3, -0.25) is 0 Å². The smallest absolute Gasteiger partial charge is 0.338 e. The average molecular weight is 273 g/mol. The van der Waals surface area contributed by atoms with Crippen LogP contribution in [0.1, 0.15) is 17.3 Å². The van der Waals surface area contributed by atoms with Crippen LogP contribution in [0, 0.1) is 0 Å². The summed E-state index contributed by atoms with van der Waals surface area (Å²) in [6.07, 6.45) is 0. The van der Waals surface area contributed by atoms with Crippen molar-refractivity contribution in [1.29, 1.82) is 0 Å². The van der Waals surface area contributed by atoms with E-state index >= 15 is 0 Å². The Morgan fingerprint density at radius 1 is 1.33 bits per heavy atom. The van der Waals surface area contributed by atoms with Gasteiger partial charge in [0.15, 0.2) is 0 Å². The Labute approximate surface area is 106 Å². The summed E-state index contributed by atoms with van der Waals surface area (Å²) < 4.78 is 32.1. The normalized spacial score (nSPS) is 11.2. The first-order valence-corrected chi connectivity index (χ1v) is 6.87. The van der Waals surface area contributed by atoms with E-state index in [1.54, 1.807) is 0 Å². The van der Waals surface area contributed by atoms with Gasteiger partial charge in [0.1, 0.15) is 6.61 Å². The molecule has 0 aliphatic carbocycles. The zero-order chi connectivity index (χ0) is 13.6. The van der Waals surface area contributed by atoms with E-state index in [2.05, 4.69) is 0 Å². The van der Waals surface area contributed by atoms with Crippen LogP contribution >= 0.6 is 0 Å². The number of nitrogens with two attached hydrogens (primary N) is 1. The van der Waals surface area contributed by atoms with Gasteiger partial charge in [-0.2, -0.15) is 0 Å². The van der Waals surface area contributed by atoms with E-state index in [9.17, 15) is 13.2 Å². The summed E-state index contributed by atoms with van der Waals surface area (Å²) >= 11 is 0. The van der Waals surface area contributed by atoms with Crippen LogP contribution in [-0.2, 0) is 19.5 Å². The number of sulfonamides is 1. The Morgan fingerprint density at radius 3 is 2.67 bits per heavy atom. The molecule has 7 heteroatoms. The third kappa shape index (κ3) is 4.44. The van der Waals surface area contributed by atoms with E-state index < -0.39 is 16.0 Å². The molecule has 6 nitrogen and oxygen atoms in total. The fraction of sp³-hybridized carbons (Fsp3) is 0.364. The first-order valence-electron chi connectivity index (χ1n) is 5.33. The quantitative estimate of drug-likeness (QED) is 0.602. The Kier molecular flexibility index (Phi) is 5.26. The largest absolute Gasteiger partial charge is 0.460 e. The van der Waals surface area contributed by atoms with E-state index in [1.807, 2.05) is 6.92 Å². The van der Waals surface area contributed by atoms with Crippen molar-refractivity contribution in [2.75, 3.05) is 19.8 Å². The minimum Gasteiger partial charge on any atom is -0.460 e. The Balaban J connectivity index is 2.69. The van der Waals surface area contributed by atoms with Crippen molar-refractivity contribution in [3.8, 4) is 0 Å². The van der Waals surface area contributed by atoms with Crippen LogP contribution in [0.15, 0.2) is 29.2 Å². The second kappa shape index (κ2) is 6.48. The molecule has 0 heterocycles. The van der Waals surface area contributed by atoms with Gasteiger partial charge in [0, 0.05) is 6.61 Å². The molecule has 0 atom stereocenters. The third-order valence-corrected chi connectivity index (χ3v) is 2.97. The van der Waals surface area contributed by atoms with Crippen LogP contribution in [-0.4, -0.2) is 34.2 Å². The van der Waals surface area contributed by atoms with Crippen molar-refractivity contribution < 1.29 is 22.7 Å². The highest BCUT2D eigenvalue weighted by atomic mass is 32.2. The van der Waals surface area contributed by atoms with E-state index in [-0.39, 0.29) is 17.1 Å². The Morgan fingerprint density at radius 2 is 2.06 bits per heavy atom. The first kappa shape index (κ1) is 14.6. The van der Waals surface area contributed by atoms with Gasteiger partial charge in [0.2, 0.25) is 10.0 Å². The fourth-order valence-corrected chi connectivity index (χ4v) is 1.78. The second-order valence-corrected chi connectivity index (χ2v) is 4.97. The van der Waals surface area contributed by atoms with Crippen LogP contribution in [0.3, 0.4) is 0 Å². The van der Waals surface area contributed by atoms with Gasteiger partial charge in [-0.15, -0.1) is 0 Å². The predicted molar refractivity (Wildman–Crippen MR) is 64.6 cm³/mol. The summed E-state index contributed by atoms with van der Waals surface area (Å²) in [6.45, 7) is 2.79. The van der Waals surface area contributed by atoms with Gasteiger partial charge in [-0.05, 0) is 25.1 Å². The lowest BCUT2D eigenvalue weighted by Gasteiger charge is -2.05. The van der Waals surface area contributed by atoms with Crippen LogP contribution in [0.5, 0.6) is 0 Å². The Hall–Kier alpha value is -1.44. The maximum absolute atomic E-state index is 11.6. The fourth-order valence-electron chi connectivity index (χ4n) is 1.22. The number of ether oxygens (including phenoxy) is 2. The lowest BCUT2D eigenvalue weighted by atomic mass is 10.2. The molecule has 1 aromatic carbocycles. The molecule has 0 saturated carbocycles. The minimum absolute atomic E-state index is 0.117. The van der Waals surface area contributed by atoms with Crippen LogP contribution in [0.4, 0.5) is 0 Å². The van der Waals surface area contributed by atoms with Crippen LogP contribution in [0.25, 0.3) is 0 Å². The summed E-state index contributed by atoms with van der Waals surface area (Å²) in [5, 5.41) is 4.97. The zero-order valence-corrected chi connectivity index (χ0v) is 10.8. The van der Waals surface area contributed by atoms with Crippen molar-refractivity contribution >= 4 is 16.0 Å². The zero-order valence-electron chi connectivity index (χ0n) is 9.96. The number of carbonyl (C=O) groups is 1. The molecule has 0 unspecified atom stereocenters. The molecule has 0 bridgehead atoms. The molecular weight excluding hydrogens is 258 g/mol. The molecule has 0 aliphatic rings. The monoisotopic (exact) mass is 273 g/mol. The van der Waals surface area contributed by atoms with Crippen molar-refractivity contribution in [2.24, 2.45) is 5.14 Å². The molecule has 18 heavy (non-hydrogen) atoms. The number of hydrogen-bond acceptors (Lipinski definition) is 5.